The van der Waals surface area contributed by atoms with E-state index in [1.54, 1.807) is 6.21 Å². The molecule has 4 aromatic rings. The molecule has 0 fully saturated rings. The number of halogens is 2. The minimum absolute atomic E-state index is 0.0914. The highest BCUT2D eigenvalue weighted by Crippen LogP contribution is 2.24. The number of aryl methyl sites for hydroxylation is 1. The fraction of sp³-hybridized carbons (Fsp3) is 0.0833. The molecule has 5 nitrogen and oxygen atoms in total. The van der Waals surface area contributed by atoms with E-state index in [-0.39, 0.29) is 22.2 Å². The number of nitrogens with zero attached hydrogens (tertiary/aromatic N) is 2. The van der Waals surface area contributed by atoms with Crippen molar-refractivity contribution in [2.45, 2.75) is 13.5 Å². The zero-order valence-corrected chi connectivity index (χ0v) is 17.4. The largest absolute Gasteiger partial charge is 0.506 e. The lowest BCUT2D eigenvalue weighted by Gasteiger charge is -2.08. The minimum atomic E-state index is -0.440. The van der Waals surface area contributed by atoms with E-state index in [2.05, 4.69) is 10.5 Å². The van der Waals surface area contributed by atoms with E-state index in [4.69, 9.17) is 11.6 Å². The number of aromatic hydroxyl groups is 1. The molecule has 4 rings (SSSR count). The molecule has 0 saturated heterocycles. The summed E-state index contributed by atoms with van der Waals surface area (Å²) in [6.07, 6.45) is 3.51. The minimum Gasteiger partial charge on any atom is -0.506 e. The molecular weight excluding hydrogens is 417 g/mol. The Labute approximate surface area is 183 Å². The maximum Gasteiger partial charge on any atom is 0.271 e. The maximum absolute atomic E-state index is 13.7. The van der Waals surface area contributed by atoms with Gasteiger partial charge in [0.1, 0.15) is 11.6 Å². The number of hydrogen-bond acceptors (Lipinski definition) is 3. The van der Waals surface area contributed by atoms with Gasteiger partial charge >= 0.3 is 0 Å². The summed E-state index contributed by atoms with van der Waals surface area (Å²) in [5.74, 6) is -0.777. The Morgan fingerprint density at radius 2 is 2.03 bits per heavy atom. The summed E-state index contributed by atoms with van der Waals surface area (Å²) in [6.45, 7) is 2.41. The zero-order valence-electron chi connectivity index (χ0n) is 16.6. The lowest BCUT2D eigenvalue weighted by atomic mass is 10.1. The summed E-state index contributed by atoms with van der Waals surface area (Å²) in [6, 6.07) is 16.9. The second-order valence-corrected chi connectivity index (χ2v) is 7.63. The summed E-state index contributed by atoms with van der Waals surface area (Å²) < 4.78 is 15.8. The third-order valence-corrected chi connectivity index (χ3v) is 5.18. The lowest BCUT2D eigenvalue weighted by molar-refractivity contribution is 0.0955. The van der Waals surface area contributed by atoms with Crippen molar-refractivity contribution < 1.29 is 14.3 Å². The SMILES string of the molecule is Cc1cc(F)cc(Cn2ccc3c(/C=N/NC(=O)c4ccc(O)c(Cl)c4)cccc32)c1. The molecule has 0 unspecified atom stereocenters. The molecule has 0 radical (unpaired) electrons. The van der Waals surface area contributed by atoms with Crippen molar-refractivity contribution in [2.24, 2.45) is 5.10 Å². The van der Waals surface area contributed by atoms with Crippen LogP contribution in [0.2, 0.25) is 5.02 Å². The number of amides is 1. The topological polar surface area (TPSA) is 66.6 Å². The third-order valence-electron chi connectivity index (χ3n) is 4.88. The monoisotopic (exact) mass is 435 g/mol. The summed E-state index contributed by atoms with van der Waals surface area (Å²) in [5, 5.41) is 14.6. The van der Waals surface area contributed by atoms with Crippen LogP contribution in [0.1, 0.15) is 27.0 Å². The Morgan fingerprint density at radius 1 is 1.19 bits per heavy atom. The molecule has 1 amide bonds. The van der Waals surface area contributed by atoms with Crippen molar-refractivity contribution >= 4 is 34.6 Å². The Hall–Kier alpha value is -3.64. The van der Waals surface area contributed by atoms with Gasteiger partial charge in [0.2, 0.25) is 0 Å². The highest BCUT2D eigenvalue weighted by atomic mass is 35.5. The Bertz CT molecular complexity index is 1290. The van der Waals surface area contributed by atoms with Gasteiger partial charge < -0.3 is 9.67 Å². The predicted octanol–water partition coefficient (Wildman–Crippen LogP) is 5.26. The van der Waals surface area contributed by atoms with Crippen LogP contribution >= 0.6 is 11.6 Å². The first-order valence-electron chi connectivity index (χ1n) is 9.56. The molecule has 0 aliphatic heterocycles. The molecule has 2 N–H and O–H groups in total. The number of fused-ring (bicyclic) bond motifs is 1. The van der Waals surface area contributed by atoms with Gasteiger partial charge in [-0.1, -0.05) is 29.8 Å². The molecule has 31 heavy (non-hydrogen) atoms. The van der Waals surface area contributed by atoms with Crippen molar-refractivity contribution in [3.63, 3.8) is 0 Å². The van der Waals surface area contributed by atoms with Crippen LogP contribution in [-0.4, -0.2) is 21.8 Å². The van der Waals surface area contributed by atoms with Crippen molar-refractivity contribution in [1.82, 2.24) is 9.99 Å². The molecule has 7 heteroatoms. The molecule has 156 valence electrons. The molecule has 0 spiro atoms. The van der Waals surface area contributed by atoms with Gasteiger partial charge in [0.05, 0.1) is 11.2 Å². The van der Waals surface area contributed by atoms with E-state index in [1.165, 1.54) is 30.3 Å². The van der Waals surface area contributed by atoms with Crippen LogP contribution in [0.4, 0.5) is 4.39 Å². The van der Waals surface area contributed by atoms with Crippen molar-refractivity contribution in [1.29, 1.82) is 0 Å². The summed E-state index contributed by atoms with van der Waals surface area (Å²) >= 11 is 5.84. The number of nitrogens with one attached hydrogen (secondary N) is 1. The van der Waals surface area contributed by atoms with E-state index in [0.29, 0.717) is 6.54 Å². The van der Waals surface area contributed by atoms with Crippen LogP contribution in [0.3, 0.4) is 0 Å². The number of benzene rings is 3. The first-order chi connectivity index (χ1) is 14.9. The third kappa shape index (κ3) is 4.59. The number of rotatable bonds is 5. The van der Waals surface area contributed by atoms with Gasteiger partial charge in [-0.25, -0.2) is 9.82 Å². The van der Waals surface area contributed by atoms with Crippen LogP contribution in [0.5, 0.6) is 5.75 Å². The Morgan fingerprint density at radius 3 is 2.81 bits per heavy atom. The maximum atomic E-state index is 13.7. The molecule has 3 aromatic carbocycles. The molecule has 0 saturated carbocycles. The first-order valence-corrected chi connectivity index (χ1v) is 9.94. The lowest BCUT2D eigenvalue weighted by Crippen LogP contribution is -2.17. The zero-order chi connectivity index (χ0) is 22.0. The number of carbonyl (C=O) groups excluding carboxylic acids is 1. The van der Waals surface area contributed by atoms with Crippen LogP contribution < -0.4 is 5.43 Å². The molecule has 0 aliphatic carbocycles. The second kappa shape index (κ2) is 8.62. The average Bonchev–Trinajstić information content (AvgIpc) is 3.13. The molecular formula is C24H19ClFN3O2. The number of hydrogen-bond donors (Lipinski definition) is 2. The molecule has 1 aromatic heterocycles. The Kier molecular flexibility index (Phi) is 5.73. The molecule has 0 atom stereocenters. The van der Waals surface area contributed by atoms with E-state index in [1.807, 2.05) is 48.0 Å². The van der Waals surface area contributed by atoms with Crippen molar-refractivity contribution in [3.8, 4) is 5.75 Å². The Balaban J connectivity index is 1.53. The number of aromatic nitrogens is 1. The van der Waals surface area contributed by atoms with Gasteiger partial charge in [-0.3, -0.25) is 4.79 Å². The van der Waals surface area contributed by atoms with Gasteiger partial charge in [-0.15, -0.1) is 0 Å². The summed E-state index contributed by atoms with van der Waals surface area (Å²) in [4.78, 5) is 12.2. The standard InChI is InChI=1S/C24H19ClFN3O2/c1-15-9-16(11-19(26)10-15)14-29-8-7-20-18(3-2-4-22(20)29)13-27-28-24(31)17-5-6-23(30)21(25)12-17/h2-13,30H,14H2,1H3,(H,28,31)/b27-13+. The molecule has 0 aliphatic rings. The van der Waals surface area contributed by atoms with E-state index < -0.39 is 5.91 Å². The van der Waals surface area contributed by atoms with E-state index in [0.717, 1.165) is 27.6 Å². The first kappa shape index (κ1) is 20.6. The quantitative estimate of drug-likeness (QED) is 0.331. The van der Waals surface area contributed by atoms with Gasteiger partial charge in [-0.05, 0) is 60.5 Å². The second-order valence-electron chi connectivity index (χ2n) is 7.23. The van der Waals surface area contributed by atoms with Crippen LogP contribution in [0.15, 0.2) is 72.0 Å². The van der Waals surface area contributed by atoms with Crippen LogP contribution in [0.25, 0.3) is 10.9 Å². The normalized spacial score (nSPS) is 11.3. The smallest absolute Gasteiger partial charge is 0.271 e. The summed E-state index contributed by atoms with van der Waals surface area (Å²) in [5.41, 5.74) is 6.31. The van der Waals surface area contributed by atoms with Gasteiger partial charge in [0.25, 0.3) is 5.91 Å². The highest BCUT2D eigenvalue weighted by Gasteiger charge is 2.09. The van der Waals surface area contributed by atoms with Gasteiger partial charge in [0.15, 0.2) is 0 Å². The van der Waals surface area contributed by atoms with Crippen LogP contribution in [-0.2, 0) is 6.54 Å². The number of phenols is 1. The van der Waals surface area contributed by atoms with Gasteiger partial charge in [-0.2, -0.15) is 5.10 Å². The molecule has 1 heterocycles. The number of hydrazone groups is 1. The van der Waals surface area contributed by atoms with E-state index >= 15 is 0 Å². The fourth-order valence-electron chi connectivity index (χ4n) is 3.47. The summed E-state index contributed by atoms with van der Waals surface area (Å²) in [7, 11) is 0. The number of carbonyl (C=O) groups is 1. The molecule has 0 bridgehead atoms. The van der Waals surface area contributed by atoms with Crippen molar-refractivity contribution in [2.75, 3.05) is 0 Å². The number of phenolic OH excluding ortho intramolecular Hbond substituents is 1. The average molecular weight is 436 g/mol. The fourth-order valence-corrected chi connectivity index (χ4v) is 3.65. The predicted molar refractivity (Wildman–Crippen MR) is 120 cm³/mol. The van der Waals surface area contributed by atoms with Crippen molar-refractivity contribution in [3.05, 3.63) is 100.0 Å². The highest BCUT2D eigenvalue weighted by molar-refractivity contribution is 6.32. The van der Waals surface area contributed by atoms with E-state index in [9.17, 15) is 14.3 Å². The van der Waals surface area contributed by atoms with Gasteiger partial charge in [0, 0.05) is 34.8 Å². The van der Waals surface area contributed by atoms with Crippen LogP contribution in [0, 0.1) is 12.7 Å².